The zero-order valence-electron chi connectivity index (χ0n) is 17.9. The lowest BCUT2D eigenvalue weighted by Crippen LogP contribution is -2.12. The summed E-state index contributed by atoms with van der Waals surface area (Å²) >= 11 is 0. The van der Waals surface area contributed by atoms with Gasteiger partial charge in [-0.15, -0.1) is 0 Å². The smallest absolute Gasteiger partial charge is 0.344 e. The monoisotopic (exact) mass is 408 g/mol. The first-order valence-electron chi connectivity index (χ1n) is 10.6. The van der Waals surface area contributed by atoms with Gasteiger partial charge in [-0.25, -0.2) is 13.9 Å². The van der Waals surface area contributed by atoms with Crippen molar-refractivity contribution < 1.29 is 13.9 Å². The van der Waals surface area contributed by atoms with Crippen molar-refractivity contribution >= 4 is 5.97 Å². The first-order valence-corrected chi connectivity index (χ1v) is 10.6. The van der Waals surface area contributed by atoms with Crippen LogP contribution < -0.4 is 4.74 Å². The number of ether oxygens (including phenoxy) is 1. The van der Waals surface area contributed by atoms with Crippen molar-refractivity contribution in [3.63, 3.8) is 0 Å². The molecule has 3 aromatic rings. The fraction of sp³-hybridized carbons (Fsp3) is 0.360. The lowest BCUT2D eigenvalue weighted by molar-refractivity contribution is 0.0723. The van der Waals surface area contributed by atoms with E-state index < -0.39 is 5.97 Å². The number of nitrogens with zero attached hydrogens (tertiary/aromatic N) is 2. The minimum absolute atomic E-state index is 0.163. The van der Waals surface area contributed by atoms with Gasteiger partial charge in [0.05, 0.1) is 16.9 Å². The molecular weight excluding hydrogens is 379 g/mol. The third-order valence-corrected chi connectivity index (χ3v) is 5.06. The maximum Gasteiger partial charge on any atom is 0.344 e. The molecule has 4 nitrogen and oxygen atoms in total. The van der Waals surface area contributed by atoms with Crippen LogP contribution in [-0.2, 0) is 6.42 Å². The molecule has 3 rings (SSSR count). The van der Waals surface area contributed by atoms with Crippen LogP contribution in [0.15, 0.2) is 54.6 Å². The Morgan fingerprint density at radius 2 is 1.73 bits per heavy atom. The molecule has 30 heavy (non-hydrogen) atoms. The first kappa shape index (κ1) is 21.8. The van der Waals surface area contributed by atoms with Gasteiger partial charge in [0.25, 0.3) is 0 Å². The average Bonchev–Trinajstić information content (AvgIpc) is 3.16. The predicted octanol–water partition coefficient (Wildman–Crippen LogP) is 6.48. The second kappa shape index (κ2) is 10.2. The van der Waals surface area contributed by atoms with Crippen molar-refractivity contribution in [1.82, 2.24) is 9.78 Å². The second-order valence-corrected chi connectivity index (χ2v) is 7.85. The van der Waals surface area contributed by atoms with Gasteiger partial charge in [-0.2, -0.15) is 5.10 Å². The SMILES string of the molecule is CCCCCCc1ccc(C(=O)Oc2cc(C(C)C)nn2-c2ccc(F)cc2)cc1. The van der Waals surface area contributed by atoms with Gasteiger partial charge in [0.15, 0.2) is 0 Å². The topological polar surface area (TPSA) is 44.1 Å². The summed E-state index contributed by atoms with van der Waals surface area (Å²) in [5.41, 5.74) is 3.14. The summed E-state index contributed by atoms with van der Waals surface area (Å²) in [4.78, 5) is 12.7. The van der Waals surface area contributed by atoms with Crippen molar-refractivity contribution in [3.8, 4) is 11.6 Å². The molecule has 0 aliphatic carbocycles. The van der Waals surface area contributed by atoms with Crippen LogP contribution in [0.4, 0.5) is 4.39 Å². The van der Waals surface area contributed by atoms with Crippen LogP contribution in [0.5, 0.6) is 5.88 Å². The summed E-state index contributed by atoms with van der Waals surface area (Å²) in [7, 11) is 0. The molecule has 0 aliphatic rings. The number of hydrogen-bond acceptors (Lipinski definition) is 3. The standard InChI is InChI=1S/C25H29FN2O2/c1-4-5-6-7-8-19-9-11-20(12-10-19)25(29)30-24-17-23(18(2)3)27-28(24)22-15-13-21(26)14-16-22/h9-18H,4-8H2,1-3H3. The summed E-state index contributed by atoms with van der Waals surface area (Å²) in [5.74, 6) is -0.287. The molecule has 0 amide bonds. The van der Waals surface area contributed by atoms with Crippen LogP contribution >= 0.6 is 0 Å². The van der Waals surface area contributed by atoms with E-state index in [1.54, 1.807) is 30.3 Å². The number of carbonyl (C=O) groups is 1. The molecule has 158 valence electrons. The Labute approximate surface area is 177 Å². The molecule has 0 spiro atoms. The van der Waals surface area contributed by atoms with Crippen molar-refractivity contribution in [2.75, 3.05) is 0 Å². The molecule has 0 radical (unpaired) electrons. The van der Waals surface area contributed by atoms with Gasteiger partial charge < -0.3 is 4.74 Å². The fourth-order valence-corrected chi connectivity index (χ4v) is 3.22. The van der Waals surface area contributed by atoms with Crippen molar-refractivity contribution in [2.24, 2.45) is 0 Å². The van der Waals surface area contributed by atoms with E-state index in [-0.39, 0.29) is 11.7 Å². The molecule has 0 atom stereocenters. The molecule has 0 aliphatic heterocycles. The van der Waals surface area contributed by atoms with E-state index >= 15 is 0 Å². The van der Waals surface area contributed by atoms with Gasteiger partial charge in [0, 0.05) is 6.07 Å². The number of esters is 1. The molecule has 0 unspecified atom stereocenters. The van der Waals surface area contributed by atoms with E-state index in [2.05, 4.69) is 12.0 Å². The number of halogens is 1. The van der Waals surface area contributed by atoms with Crippen molar-refractivity contribution in [3.05, 3.63) is 77.2 Å². The Kier molecular flexibility index (Phi) is 7.39. The highest BCUT2D eigenvalue weighted by Crippen LogP contribution is 2.25. The number of carbonyl (C=O) groups excluding carboxylic acids is 1. The number of hydrogen-bond donors (Lipinski definition) is 0. The number of rotatable bonds is 9. The maximum atomic E-state index is 13.3. The van der Waals surface area contributed by atoms with Crippen molar-refractivity contribution in [1.29, 1.82) is 0 Å². The number of unbranched alkanes of at least 4 members (excludes halogenated alkanes) is 3. The maximum absolute atomic E-state index is 13.3. The number of aromatic nitrogens is 2. The molecule has 5 heteroatoms. The molecule has 0 bridgehead atoms. The first-order chi connectivity index (χ1) is 14.5. The quantitative estimate of drug-likeness (QED) is 0.301. The Bertz CT molecular complexity index is 960. The van der Waals surface area contributed by atoms with Crippen LogP contribution in [0.2, 0.25) is 0 Å². The van der Waals surface area contributed by atoms with Crippen LogP contribution in [0.1, 0.15) is 74.0 Å². The van der Waals surface area contributed by atoms with Gasteiger partial charge >= 0.3 is 5.97 Å². The van der Waals surface area contributed by atoms with Gasteiger partial charge in [0.1, 0.15) is 5.82 Å². The minimum atomic E-state index is -0.439. The van der Waals surface area contributed by atoms with Gasteiger partial charge in [0.2, 0.25) is 5.88 Å². The second-order valence-electron chi connectivity index (χ2n) is 7.85. The fourth-order valence-electron chi connectivity index (χ4n) is 3.22. The molecule has 0 saturated heterocycles. The number of aryl methyl sites for hydroxylation is 1. The molecule has 2 aromatic carbocycles. The van der Waals surface area contributed by atoms with Gasteiger partial charge in [-0.1, -0.05) is 52.2 Å². The van der Waals surface area contributed by atoms with Crippen LogP contribution in [0, 0.1) is 5.82 Å². The van der Waals surface area contributed by atoms with E-state index in [0.29, 0.717) is 17.1 Å². The highest BCUT2D eigenvalue weighted by atomic mass is 19.1. The average molecular weight is 409 g/mol. The highest BCUT2D eigenvalue weighted by molar-refractivity contribution is 5.91. The van der Waals surface area contributed by atoms with Crippen LogP contribution in [0.25, 0.3) is 5.69 Å². The zero-order valence-corrected chi connectivity index (χ0v) is 17.9. The molecule has 0 fully saturated rings. The summed E-state index contributed by atoms with van der Waals surface area (Å²) in [6.07, 6.45) is 5.88. The minimum Gasteiger partial charge on any atom is -0.404 e. The Balaban J connectivity index is 1.75. The molecule has 1 aromatic heterocycles. The Hall–Kier alpha value is -2.95. The van der Waals surface area contributed by atoms with Crippen molar-refractivity contribution in [2.45, 2.75) is 58.8 Å². The van der Waals surface area contributed by atoms with Gasteiger partial charge in [-0.05, 0) is 60.7 Å². The summed E-state index contributed by atoms with van der Waals surface area (Å²) in [6.45, 7) is 6.23. The third-order valence-electron chi connectivity index (χ3n) is 5.06. The summed E-state index contributed by atoms with van der Waals surface area (Å²) < 4.78 is 20.5. The Morgan fingerprint density at radius 3 is 2.37 bits per heavy atom. The normalized spacial score (nSPS) is 11.1. The number of benzene rings is 2. The molecule has 0 saturated carbocycles. The molecule has 0 N–H and O–H groups in total. The largest absolute Gasteiger partial charge is 0.404 e. The van der Waals surface area contributed by atoms with E-state index in [1.165, 1.54) is 41.6 Å². The van der Waals surface area contributed by atoms with Crippen LogP contribution in [0.3, 0.4) is 0 Å². The van der Waals surface area contributed by atoms with E-state index in [0.717, 1.165) is 18.5 Å². The predicted molar refractivity (Wildman–Crippen MR) is 117 cm³/mol. The lowest BCUT2D eigenvalue weighted by Gasteiger charge is -2.08. The third kappa shape index (κ3) is 5.56. The highest BCUT2D eigenvalue weighted by Gasteiger charge is 2.17. The van der Waals surface area contributed by atoms with E-state index in [9.17, 15) is 9.18 Å². The van der Waals surface area contributed by atoms with Crippen LogP contribution in [-0.4, -0.2) is 15.7 Å². The molecular formula is C25H29FN2O2. The Morgan fingerprint density at radius 1 is 1.03 bits per heavy atom. The van der Waals surface area contributed by atoms with Gasteiger partial charge in [-0.3, -0.25) is 0 Å². The molecule has 1 heterocycles. The lowest BCUT2D eigenvalue weighted by atomic mass is 10.0. The summed E-state index contributed by atoms with van der Waals surface area (Å²) in [6, 6.07) is 15.3. The summed E-state index contributed by atoms with van der Waals surface area (Å²) in [5, 5.41) is 4.54. The zero-order chi connectivity index (χ0) is 21.5. The van der Waals surface area contributed by atoms with E-state index in [1.807, 2.05) is 26.0 Å². The van der Waals surface area contributed by atoms with E-state index in [4.69, 9.17) is 4.74 Å².